The van der Waals surface area contributed by atoms with Crippen molar-refractivity contribution >= 4 is 29.1 Å². The molecule has 1 amide bonds. The molecule has 5 rings (SSSR count). The SMILES string of the molecule is O=C(c1cc(-c2ccc(Cl)cc2)n(-c2ccccc2Cl)n1)N1CCC(c2ccc(F)cc2)C1. The molecule has 1 fully saturated rings. The third kappa shape index (κ3) is 4.39. The van der Waals surface area contributed by atoms with Gasteiger partial charge < -0.3 is 4.90 Å². The van der Waals surface area contributed by atoms with Gasteiger partial charge in [0.25, 0.3) is 5.91 Å². The van der Waals surface area contributed by atoms with E-state index in [2.05, 4.69) is 5.10 Å². The Morgan fingerprint density at radius 2 is 1.70 bits per heavy atom. The first-order valence-electron chi connectivity index (χ1n) is 10.7. The molecule has 3 aromatic carbocycles. The number of hydrogen-bond acceptors (Lipinski definition) is 2. The Hall–Kier alpha value is -3.15. The lowest BCUT2D eigenvalue weighted by Gasteiger charge is -2.15. The largest absolute Gasteiger partial charge is 0.337 e. The Bertz CT molecular complexity index is 1300. The fourth-order valence-corrected chi connectivity index (χ4v) is 4.57. The predicted molar refractivity (Wildman–Crippen MR) is 129 cm³/mol. The van der Waals surface area contributed by atoms with E-state index in [1.807, 2.05) is 30.3 Å². The van der Waals surface area contributed by atoms with Crippen molar-refractivity contribution in [3.8, 4) is 16.9 Å². The molecule has 166 valence electrons. The number of likely N-dealkylation sites (tertiary alicyclic amines) is 1. The van der Waals surface area contributed by atoms with Crippen LogP contribution in [0.1, 0.15) is 28.4 Å². The Morgan fingerprint density at radius 3 is 2.42 bits per heavy atom. The molecule has 4 aromatic rings. The maximum atomic E-state index is 13.4. The number of rotatable bonds is 4. The van der Waals surface area contributed by atoms with Gasteiger partial charge in [0.2, 0.25) is 0 Å². The number of aromatic nitrogens is 2. The molecule has 4 nitrogen and oxygen atoms in total. The van der Waals surface area contributed by atoms with Gasteiger partial charge in [-0.25, -0.2) is 9.07 Å². The van der Waals surface area contributed by atoms with E-state index in [0.717, 1.165) is 23.2 Å². The maximum Gasteiger partial charge on any atom is 0.274 e. The van der Waals surface area contributed by atoms with E-state index in [1.54, 1.807) is 46.0 Å². The summed E-state index contributed by atoms with van der Waals surface area (Å²) in [7, 11) is 0. The zero-order chi connectivity index (χ0) is 22.9. The smallest absolute Gasteiger partial charge is 0.274 e. The van der Waals surface area contributed by atoms with Gasteiger partial charge in [-0.1, -0.05) is 59.6 Å². The third-order valence-corrected chi connectivity index (χ3v) is 6.54. The summed E-state index contributed by atoms with van der Waals surface area (Å²) in [5.41, 5.74) is 3.69. The van der Waals surface area contributed by atoms with Crippen LogP contribution in [0.2, 0.25) is 10.0 Å². The average Bonchev–Trinajstić information content (AvgIpc) is 3.48. The normalized spacial score (nSPS) is 15.7. The predicted octanol–water partition coefficient (Wildman–Crippen LogP) is 6.61. The van der Waals surface area contributed by atoms with E-state index in [4.69, 9.17) is 23.2 Å². The number of carbonyl (C=O) groups is 1. The summed E-state index contributed by atoms with van der Waals surface area (Å²) in [4.78, 5) is 15.2. The van der Waals surface area contributed by atoms with Gasteiger partial charge in [0.15, 0.2) is 5.69 Å². The van der Waals surface area contributed by atoms with E-state index in [9.17, 15) is 9.18 Å². The number of halogens is 3. The highest BCUT2D eigenvalue weighted by molar-refractivity contribution is 6.32. The van der Waals surface area contributed by atoms with Crippen molar-refractivity contribution in [1.82, 2.24) is 14.7 Å². The minimum atomic E-state index is -0.260. The number of amides is 1. The first-order chi connectivity index (χ1) is 16.0. The molecule has 33 heavy (non-hydrogen) atoms. The molecule has 1 atom stereocenters. The van der Waals surface area contributed by atoms with Crippen molar-refractivity contribution in [3.63, 3.8) is 0 Å². The molecule has 1 saturated heterocycles. The molecule has 0 bridgehead atoms. The van der Waals surface area contributed by atoms with Crippen molar-refractivity contribution in [3.05, 3.63) is 106 Å². The molecule has 2 heterocycles. The van der Waals surface area contributed by atoms with Crippen LogP contribution < -0.4 is 0 Å². The third-order valence-electron chi connectivity index (χ3n) is 5.97. The molecule has 1 unspecified atom stereocenters. The zero-order valence-electron chi connectivity index (χ0n) is 17.6. The van der Waals surface area contributed by atoms with Crippen LogP contribution in [0.25, 0.3) is 16.9 Å². The number of carbonyl (C=O) groups excluding carboxylic acids is 1. The van der Waals surface area contributed by atoms with Gasteiger partial charge in [-0.3, -0.25) is 4.79 Å². The second-order valence-corrected chi connectivity index (χ2v) is 8.92. The standard InChI is InChI=1S/C26H20Cl2FN3O/c27-20-9-5-18(6-10-20)25-15-23(30-32(25)24-4-2-1-3-22(24)28)26(33)31-14-13-19(16-31)17-7-11-21(29)12-8-17/h1-12,15,19H,13-14,16H2. The molecule has 0 saturated carbocycles. The second-order valence-electron chi connectivity index (χ2n) is 8.07. The fraction of sp³-hybridized carbons (Fsp3) is 0.154. The topological polar surface area (TPSA) is 38.1 Å². The van der Waals surface area contributed by atoms with Crippen LogP contribution in [0.15, 0.2) is 78.9 Å². The second kappa shape index (κ2) is 9.00. The first kappa shape index (κ1) is 21.7. The van der Waals surface area contributed by atoms with Crippen molar-refractivity contribution < 1.29 is 9.18 Å². The molecule has 0 aliphatic carbocycles. The van der Waals surface area contributed by atoms with Gasteiger partial charge in [0.1, 0.15) is 5.82 Å². The lowest BCUT2D eigenvalue weighted by molar-refractivity contribution is 0.0784. The lowest BCUT2D eigenvalue weighted by atomic mass is 9.99. The highest BCUT2D eigenvalue weighted by Gasteiger charge is 2.30. The summed E-state index contributed by atoms with van der Waals surface area (Å²) < 4.78 is 15.0. The Kier molecular flexibility index (Phi) is 5.92. The van der Waals surface area contributed by atoms with Crippen molar-refractivity contribution in [2.45, 2.75) is 12.3 Å². The highest BCUT2D eigenvalue weighted by Crippen LogP contribution is 2.31. The van der Waals surface area contributed by atoms with Gasteiger partial charge in [-0.15, -0.1) is 0 Å². The molecule has 7 heteroatoms. The minimum absolute atomic E-state index is 0.138. The van der Waals surface area contributed by atoms with Crippen LogP contribution in [0.3, 0.4) is 0 Å². The molecule has 1 aliphatic rings. The van der Waals surface area contributed by atoms with Gasteiger partial charge in [0, 0.05) is 29.6 Å². The summed E-state index contributed by atoms with van der Waals surface area (Å²) in [6.45, 7) is 1.19. The molecular formula is C26H20Cl2FN3O. The van der Waals surface area contributed by atoms with Crippen LogP contribution in [0.5, 0.6) is 0 Å². The van der Waals surface area contributed by atoms with E-state index in [0.29, 0.717) is 34.5 Å². The van der Waals surface area contributed by atoms with Crippen LogP contribution in [-0.4, -0.2) is 33.7 Å². The Balaban J connectivity index is 1.47. The number of para-hydroxylation sites is 1. The maximum absolute atomic E-state index is 13.4. The molecule has 1 aromatic heterocycles. The highest BCUT2D eigenvalue weighted by atomic mass is 35.5. The van der Waals surface area contributed by atoms with Crippen LogP contribution >= 0.6 is 23.2 Å². The van der Waals surface area contributed by atoms with Gasteiger partial charge in [-0.2, -0.15) is 5.10 Å². The fourth-order valence-electron chi connectivity index (χ4n) is 4.23. The molecular weight excluding hydrogens is 460 g/mol. The summed E-state index contributed by atoms with van der Waals surface area (Å²) in [6.07, 6.45) is 0.826. The summed E-state index contributed by atoms with van der Waals surface area (Å²) in [6, 6.07) is 23.1. The number of nitrogens with zero attached hydrogens (tertiary/aromatic N) is 3. The Labute approximate surface area is 201 Å². The molecule has 0 radical (unpaired) electrons. The van der Waals surface area contributed by atoms with Gasteiger partial charge in [-0.05, 0) is 54.4 Å². The summed E-state index contributed by atoms with van der Waals surface area (Å²) in [5.74, 6) is -0.221. The lowest BCUT2D eigenvalue weighted by Crippen LogP contribution is -2.29. The van der Waals surface area contributed by atoms with Crippen molar-refractivity contribution in [1.29, 1.82) is 0 Å². The van der Waals surface area contributed by atoms with Gasteiger partial charge in [0.05, 0.1) is 16.4 Å². The Morgan fingerprint density at radius 1 is 0.970 bits per heavy atom. The quantitative estimate of drug-likeness (QED) is 0.330. The molecule has 1 aliphatic heterocycles. The van der Waals surface area contributed by atoms with Crippen molar-refractivity contribution in [2.75, 3.05) is 13.1 Å². The molecule has 0 N–H and O–H groups in total. The summed E-state index contributed by atoms with van der Waals surface area (Å²) in [5, 5.41) is 5.81. The van der Waals surface area contributed by atoms with Crippen LogP contribution in [-0.2, 0) is 0 Å². The van der Waals surface area contributed by atoms with Gasteiger partial charge >= 0.3 is 0 Å². The van der Waals surface area contributed by atoms with Crippen molar-refractivity contribution in [2.24, 2.45) is 0 Å². The van der Waals surface area contributed by atoms with E-state index in [1.165, 1.54) is 12.1 Å². The van der Waals surface area contributed by atoms with Crippen LogP contribution in [0.4, 0.5) is 4.39 Å². The average molecular weight is 480 g/mol. The summed E-state index contributed by atoms with van der Waals surface area (Å²) >= 11 is 12.5. The molecule has 0 spiro atoms. The first-order valence-corrected chi connectivity index (χ1v) is 11.4. The van der Waals surface area contributed by atoms with Crippen LogP contribution in [0, 0.1) is 5.82 Å². The van der Waals surface area contributed by atoms with E-state index in [-0.39, 0.29) is 17.6 Å². The van der Waals surface area contributed by atoms with E-state index < -0.39 is 0 Å². The number of hydrogen-bond donors (Lipinski definition) is 0. The minimum Gasteiger partial charge on any atom is -0.337 e. The van der Waals surface area contributed by atoms with E-state index >= 15 is 0 Å². The zero-order valence-corrected chi connectivity index (χ0v) is 19.1. The number of benzene rings is 3. The monoisotopic (exact) mass is 479 g/mol.